The summed E-state index contributed by atoms with van der Waals surface area (Å²) in [7, 11) is -16.3. The molecule has 3 rings (SSSR count). The van der Waals surface area contributed by atoms with Crippen molar-refractivity contribution in [3.05, 3.63) is 0 Å². The Morgan fingerprint density at radius 1 is 1.03 bits per heavy atom. The summed E-state index contributed by atoms with van der Waals surface area (Å²) in [5.74, 6) is 6.31. The molecule has 0 aromatic rings. The van der Waals surface area contributed by atoms with Gasteiger partial charge in [0.25, 0.3) is 0 Å². The second-order valence-corrected chi connectivity index (χ2v) is 12.8. The molecule has 0 aromatic heterocycles. The van der Waals surface area contributed by atoms with E-state index in [-0.39, 0.29) is 29.9 Å². The number of phosphoric ester groups is 1. The average Bonchev–Trinajstić information content (AvgIpc) is 2.96. The highest BCUT2D eigenvalue weighted by Crippen LogP contribution is 2.66. The summed E-state index contributed by atoms with van der Waals surface area (Å²) < 4.78 is 51.7. The molecule has 2 aliphatic carbocycles. The van der Waals surface area contributed by atoms with Gasteiger partial charge in [-0.3, -0.25) is 4.52 Å². The number of hydrogen-bond acceptors (Lipinski definition) is 9. The third-order valence-electron chi connectivity index (χ3n) is 6.08. The van der Waals surface area contributed by atoms with E-state index in [4.69, 9.17) is 20.3 Å². The van der Waals surface area contributed by atoms with E-state index < -0.39 is 42.3 Å². The molecular weight excluding hydrogens is 491 g/mol. The minimum absolute atomic E-state index is 0.131. The first-order valence-corrected chi connectivity index (χ1v) is 14.6. The molecule has 5 unspecified atom stereocenters. The number of aliphatic hydroxyl groups is 1. The highest BCUT2D eigenvalue weighted by Gasteiger charge is 2.45. The molecule has 32 heavy (non-hydrogen) atoms. The molecule has 1 saturated heterocycles. The summed E-state index contributed by atoms with van der Waals surface area (Å²) in [6, 6.07) is -0.131. The zero-order chi connectivity index (χ0) is 23.8. The van der Waals surface area contributed by atoms with Crippen LogP contribution in [0.25, 0.3) is 0 Å². The number of ether oxygens (including phenoxy) is 1. The van der Waals surface area contributed by atoms with Crippen LogP contribution in [0.3, 0.4) is 0 Å². The predicted molar refractivity (Wildman–Crippen MR) is 108 cm³/mol. The van der Waals surface area contributed by atoms with Crippen molar-refractivity contribution in [1.29, 1.82) is 0 Å². The van der Waals surface area contributed by atoms with E-state index in [1.807, 2.05) is 0 Å². The van der Waals surface area contributed by atoms with Gasteiger partial charge < -0.3 is 35.2 Å². The van der Waals surface area contributed by atoms with Gasteiger partial charge in [0.1, 0.15) is 6.10 Å². The van der Waals surface area contributed by atoms with Crippen LogP contribution in [0.15, 0.2) is 0 Å². The first-order valence-electron chi connectivity index (χ1n) is 10.1. The molecule has 0 radical (unpaired) electrons. The lowest BCUT2D eigenvalue weighted by Crippen LogP contribution is -2.46. The van der Waals surface area contributed by atoms with Crippen molar-refractivity contribution in [1.82, 2.24) is 0 Å². The summed E-state index contributed by atoms with van der Waals surface area (Å²) in [4.78, 5) is 35.8. The van der Waals surface area contributed by atoms with E-state index in [2.05, 4.69) is 25.0 Å². The van der Waals surface area contributed by atoms with Gasteiger partial charge in [-0.15, -0.1) is 0 Å². The van der Waals surface area contributed by atoms with E-state index >= 15 is 0 Å². The maximum Gasteiger partial charge on any atom is 0.490 e. The second-order valence-electron chi connectivity index (χ2n) is 8.35. The summed E-state index contributed by atoms with van der Waals surface area (Å²) in [5.41, 5.74) is 5.94. The molecule has 7 N–H and O–H groups in total. The predicted octanol–water partition coefficient (Wildman–Crippen LogP) is 1.15. The van der Waals surface area contributed by atoms with Crippen molar-refractivity contribution in [2.45, 2.75) is 69.3 Å². The van der Waals surface area contributed by atoms with E-state index in [1.54, 1.807) is 0 Å². The highest BCUT2D eigenvalue weighted by atomic mass is 31.3. The minimum Gasteiger partial charge on any atom is -0.390 e. The number of nitrogens with two attached hydrogens (primary N) is 1. The fraction of sp³-hybridized carbons (Fsp3) is 0.875. The molecule has 3 aliphatic rings. The molecule has 1 saturated carbocycles. The van der Waals surface area contributed by atoms with Gasteiger partial charge in [-0.1, -0.05) is 24.7 Å². The van der Waals surface area contributed by atoms with Crippen LogP contribution in [0.2, 0.25) is 0 Å². The van der Waals surface area contributed by atoms with Crippen molar-refractivity contribution < 1.29 is 56.3 Å². The quantitative estimate of drug-likeness (QED) is 0.196. The Bertz CT molecular complexity index is 898. The molecule has 13 nitrogen and oxygen atoms in total. The Morgan fingerprint density at radius 3 is 2.34 bits per heavy atom. The number of phosphoric acid groups is 3. The van der Waals surface area contributed by atoms with E-state index in [9.17, 15) is 28.6 Å². The fourth-order valence-corrected chi connectivity index (χ4v) is 7.44. The maximum atomic E-state index is 11.9. The normalized spacial score (nSPS) is 39.1. The van der Waals surface area contributed by atoms with Gasteiger partial charge in [-0.25, -0.2) is 13.7 Å². The molecule has 2 fully saturated rings. The van der Waals surface area contributed by atoms with Crippen LogP contribution in [0.5, 0.6) is 0 Å². The molecule has 0 amide bonds. The van der Waals surface area contributed by atoms with Crippen molar-refractivity contribution in [3.8, 4) is 11.8 Å². The number of aliphatic hydroxyl groups excluding tert-OH is 1. The fourth-order valence-electron chi connectivity index (χ4n) is 4.41. The lowest BCUT2D eigenvalue weighted by atomic mass is 9.65. The second kappa shape index (κ2) is 9.84. The molecule has 184 valence electrons. The zero-order valence-corrected chi connectivity index (χ0v) is 19.7. The summed E-state index contributed by atoms with van der Waals surface area (Å²) >= 11 is 0. The smallest absolute Gasteiger partial charge is 0.390 e. The largest absolute Gasteiger partial charge is 0.490 e. The molecule has 1 spiro atoms. The summed E-state index contributed by atoms with van der Waals surface area (Å²) in [6.45, 7) is -0.658. The van der Waals surface area contributed by atoms with Gasteiger partial charge in [-0.05, 0) is 31.6 Å². The maximum absolute atomic E-state index is 11.9. The van der Waals surface area contributed by atoms with Crippen LogP contribution < -0.4 is 5.73 Å². The van der Waals surface area contributed by atoms with Crippen molar-refractivity contribution >= 4 is 23.5 Å². The van der Waals surface area contributed by atoms with Crippen LogP contribution in [0, 0.1) is 23.2 Å². The Labute approximate surface area is 185 Å². The van der Waals surface area contributed by atoms with Crippen LogP contribution >= 0.6 is 23.5 Å². The van der Waals surface area contributed by atoms with Gasteiger partial charge in [-0.2, -0.15) is 8.62 Å². The van der Waals surface area contributed by atoms with Crippen LogP contribution in [-0.4, -0.2) is 55.6 Å². The van der Waals surface area contributed by atoms with E-state index in [0.29, 0.717) is 0 Å². The standard InChI is InChI=1S/C16H28NO12P3/c17-15-5-8-16(15)6-2-1-3-11(4-7-16)13-9-12(18)14(27-13)10-26-31(22,23)29-32(24,25)28-30(19,20)21/h11-15,18H,1-4,6-7,9-10,17H2,(H,22,23)(H,24,25)(H2,19,20,21)/t11?,12-,13-,14-,15?,16?/m1/s1. The van der Waals surface area contributed by atoms with Crippen molar-refractivity contribution in [2.24, 2.45) is 17.1 Å². The summed E-state index contributed by atoms with van der Waals surface area (Å²) in [5, 5.41) is 10.3. The van der Waals surface area contributed by atoms with Crippen LogP contribution in [0.4, 0.5) is 0 Å². The van der Waals surface area contributed by atoms with Gasteiger partial charge >= 0.3 is 23.5 Å². The van der Waals surface area contributed by atoms with Crippen LogP contribution in [-0.2, 0) is 31.6 Å². The molecule has 1 aliphatic heterocycles. The first-order chi connectivity index (χ1) is 14.7. The highest BCUT2D eigenvalue weighted by molar-refractivity contribution is 7.66. The van der Waals surface area contributed by atoms with Crippen molar-refractivity contribution in [3.63, 3.8) is 0 Å². The summed E-state index contributed by atoms with van der Waals surface area (Å²) in [6.07, 6.45) is 3.37. The Kier molecular flexibility index (Phi) is 8.14. The minimum atomic E-state index is -5.60. The van der Waals surface area contributed by atoms with Gasteiger partial charge in [0.05, 0.1) is 30.3 Å². The van der Waals surface area contributed by atoms with Gasteiger partial charge in [0, 0.05) is 6.42 Å². The van der Waals surface area contributed by atoms with E-state index in [0.717, 1.165) is 38.5 Å². The molecule has 0 aromatic carbocycles. The zero-order valence-electron chi connectivity index (χ0n) is 17.1. The third kappa shape index (κ3) is 6.94. The van der Waals surface area contributed by atoms with Crippen molar-refractivity contribution in [2.75, 3.05) is 6.61 Å². The number of rotatable bonds is 8. The van der Waals surface area contributed by atoms with Crippen LogP contribution in [0.1, 0.15) is 44.9 Å². The van der Waals surface area contributed by atoms with E-state index in [1.165, 1.54) is 0 Å². The van der Waals surface area contributed by atoms with Gasteiger partial charge in [0.2, 0.25) is 0 Å². The monoisotopic (exact) mass is 519 g/mol. The molecule has 0 bridgehead atoms. The first kappa shape index (κ1) is 26.5. The average molecular weight is 519 g/mol. The lowest BCUT2D eigenvalue weighted by molar-refractivity contribution is -0.0421. The topological polar surface area (TPSA) is 215 Å². The third-order valence-corrected chi connectivity index (χ3v) is 9.88. The number of hydrogen-bond donors (Lipinski definition) is 6. The molecular formula is C16H28NO12P3. The lowest BCUT2D eigenvalue weighted by Gasteiger charge is -2.40. The van der Waals surface area contributed by atoms with Gasteiger partial charge in [0.15, 0.2) is 0 Å². The molecule has 1 heterocycles. The Morgan fingerprint density at radius 2 is 1.75 bits per heavy atom. The Hall–Kier alpha value is -0.150. The molecule has 8 atom stereocenters. The SMILES string of the molecule is NC1C#CC12CCCCC([C@H]1C[C@@H](O)[C@@H](COP(=O)(O)OP(=O)(O)OP(=O)(O)O)O1)CC2. The Balaban J connectivity index is 1.52. The molecule has 16 heteroatoms.